The number of hydrogen-bond acceptors (Lipinski definition) is 2. The summed E-state index contributed by atoms with van der Waals surface area (Å²) >= 11 is 0. The minimum atomic E-state index is -0.0206. The number of benzene rings is 1. The van der Waals surface area contributed by atoms with E-state index in [0.29, 0.717) is 0 Å². The second-order valence-electron chi connectivity index (χ2n) is 4.13. The first kappa shape index (κ1) is 10.9. The molecule has 0 saturated carbocycles. The van der Waals surface area contributed by atoms with Gasteiger partial charge in [-0.05, 0) is 32.4 Å². The number of aliphatic hydroxyl groups is 1. The monoisotopic (exact) mass is 216 g/mol. The van der Waals surface area contributed by atoms with Gasteiger partial charge in [0.2, 0.25) is 0 Å². The molecule has 0 aliphatic carbocycles. The van der Waals surface area contributed by atoms with Crippen molar-refractivity contribution in [2.75, 3.05) is 0 Å². The second-order valence-corrected chi connectivity index (χ2v) is 4.13. The van der Waals surface area contributed by atoms with Gasteiger partial charge in [-0.2, -0.15) is 0 Å². The fraction of sp³-hybridized carbons (Fsp3) is 0.308. The van der Waals surface area contributed by atoms with Crippen molar-refractivity contribution in [3.8, 4) is 11.4 Å². The Labute approximate surface area is 95.2 Å². The molecule has 0 radical (unpaired) electrons. The van der Waals surface area contributed by atoms with Gasteiger partial charge in [0.1, 0.15) is 5.82 Å². The summed E-state index contributed by atoms with van der Waals surface area (Å²) in [6.45, 7) is 6.03. The van der Waals surface area contributed by atoms with Crippen molar-refractivity contribution in [2.24, 2.45) is 0 Å². The third-order valence-corrected chi connectivity index (χ3v) is 2.78. The smallest absolute Gasteiger partial charge is 0.138 e. The molecule has 0 bridgehead atoms. The Hall–Kier alpha value is -1.61. The first-order valence-electron chi connectivity index (χ1n) is 5.36. The van der Waals surface area contributed by atoms with Gasteiger partial charge in [-0.25, -0.2) is 4.98 Å². The Morgan fingerprint density at radius 2 is 2.00 bits per heavy atom. The van der Waals surface area contributed by atoms with Crippen LogP contribution in [0.25, 0.3) is 11.4 Å². The van der Waals surface area contributed by atoms with Crippen molar-refractivity contribution in [1.82, 2.24) is 9.97 Å². The minimum Gasteiger partial charge on any atom is -0.390 e. The van der Waals surface area contributed by atoms with Crippen LogP contribution in [0.15, 0.2) is 18.2 Å². The van der Waals surface area contributed by atoms with Gasteiger partial charge in [0, 0.05) is 11.3 Å². The van der Waals surface area contributed by atoms with Crippen LogP contribution in [-0.4, -0.2) is 15.1 Å². The molecule has 3 heteroatoms. The predicted octanol–water partition coefficient (Wildman–Crippen LogP) is 2.49. The van der Waals surface area contributed by atoms with Crippen molar-refractivity contribution >= 4 is 0 Å². The molecule has 2 N–H and O–H groups in total. The highest BCUT2D eigenvalue weighted by molar-refractivity contribution is 5.61. The van der Waals surface area contributed by atoms with Crippen molar-refractivity contribution < 1.29 is 5.11 Å². The number of hydrogen-bond donors (Lipinski definition) is 2. The van der Waals surface area contributed by atoms with Crippen LogP contribution in [0.1, 0.15) is 22.5 Å². The van der Waals surface area contributed by atoms with Gasteiger partial charge in [0.15, 0.2) is 0 Å². The highest BCUT2D eigenvalue weighted by Crippen LogP contribution is 2.23. The van der Waals surface area contributed by atoms with E-state index in [2.05, 4.69) is 42.0 Å². The average Bonchev–Trinajstić information content (AvgIpc) is 2.63. The zero-order valence-corrected chi connectivity index (χ0v) is 9.83. The second kappa shape index (κ2) is 4.10. The first-order valence-corrected chi connectivity index (χ1v) is 5.36. The summed E-state index contributed by atoms with van der Waals surface area (Å²) in [5.74, 6) is 0.836. The number of aliphatic hydroxyl groups excluding tert-OH is 1. The van der Waals surface area contributed by atoms with E-state index < -0.39 is 0 Å². The van der Waals surface area contributed by atoms with Gasteiger partial charge in [-0.1, -0.05) is 17.7 Å². The van der Waals surface area contributed by atoms with E-state index in [1.54, 1.807) is 0 Å². The molecule has 0 spiro atoms. The van der Waals surface area contributed by atoms with Crippen LogP contribution in [-0.2, 0) is 6.61 Å². The number of aromatic amines is 1. The van der Waals surface area contributed by atoms with E-state index in [0.717, 1.165) is 22.8 Å². The quantitative estimate of drug-likeness (QED) is 0.810. The summed E-state index contributed by atoms with van der Waals surface area (Å²) < 4.78 is 0. The summed E-state index contributed by atoms with van der Waals surface area (Å²) in [4.78, 5) is 7.60. The average molecular weight is 216 g/mol. The topological polar surface area (TPSA) is 48.9 Å². The largest absolute Gasteiger partial charge is 0.390 e. The predicted molar refractivity (Wildman–Crippen MR) is 64.2 cm³/mol. The van der Waals surface area contributed by atoms with Crippen LogP contribution in [0.3, 0.4) is 0 Å². The standard InChI is InChI=1S/C13H16N2O/c1-8-4-5-9(2)11(6-8)13-14-10(3)12(7-16)15-13/h4-6,16H,7H2,1-3H3,(H,14,15). The fourth-order valence-corrected chi connectivity index (χ4v) is 1.77. The van der Waals surface area contributed by atoms with Gasteiger partial charge < -0.3 is 10.1 Å². The Morgan fingerprint density at radius 3 is 2.62 bits per heavy atom. The molecule has 0 aliphatic heterocycles. The zero-order chi connectivity index (χ0) is 11.7. The Kier molecular flexibility index (Phi) is 2.79. The highest BCUT2D eigenvalue weighted by Gasteiger charge is 2.09. The zero-order valence-electron chi connectivity index (χ0n) is 9.83. The van der Waals surface area contributed by atoms with Crippen LogP contribution in [0.5, 0.6) is 0 Å². The maximum Gasteiger partial charge on any atom is 0.138 e. The number of aryl methyl sites for hydroxylation is 3. The van der Waals surface area contributed by atoms with E-state index in [1.165, 1.54) is 11.1 Å². The summed E-state index contributed by atoms with van der Waals surface area (Å²) in [6, 6.07) is 6.28. The number of H-pyrrole nitrogens is 1. The molecule has 84 valence electrons. The third-order valence-electron chi connectivity index (χ3n) is 2.78. The van der Waals surface area contributed by atoms with Crippen molar-refractivity contribution in [3.63, 3.8) is 0 Å². The van der Waals surface area contributed by atoms with Gasteiger partial charge in [-0.3, -0.25) is 0 Å². The number of nitrogens with one attached hydrogen (secondary N) is 1. The molecular weight excluding hydrogens is 200 g/mol. The number of imidazole rings is 1. The van der Waals surface area contributed by atoms with Gasteiger partial charge >= 0.3 is 0 Å². The maximum atomic E-state index is 9.12. The van der Waals surface area contributed by atoms with Crippen LogP contribution in [0.2, 0.25) is 0 Å². The number of aromatic nitrogens is 2. The number of rotatable bonds is 2. The lowest BCUT2D eigenvalue weighted by Crippen LogP contribution is -1.88. The Bertz CT molecular complexity index is 515. The summed E-state index contributed by atoms with van der Waals surface area (Å²) in [6.07, 6.45) is 0. The van der Waals surface area contributed by atoms with E-state index >= 15 is 0 Å². The molecule has 1 aromatic carbocycles. The third kappa shape index (κ3) is 1.86. The molecule has 0 atom stereocenters. The van der Waals surface area contributed by atoms with Crippen molar-refractivity contribution in [3.05, 3.63) is 40.7 Å². The molecule has 0 saturated heterocycles. The highest BCUT2D eigenvalue weighted by atomic mass is 16.3. The van der Waals surface area contributed by atoms with Gasteiger partial charge in [-0.15, -0.1) is 0 Å². The molecule has 1 aromatic heterocycles. The van der Waals surface area contributed by atoms with Crippen molar-refractivity contribution in [2.45, 2.75) is 27.4 Å². The molecule has 2 aromatic rings. The lowest BCUT2D eigenvalue weighted by Gasteiger charge is -2.03. The lowest BCUT2D eigenvalue weighted by molar-refractivity contribution is 0.276. The van der Waals surface area contributed by atoms with E-state index in [1.807, 2.05) is 6.92 Å². The van der Waals surface area contributed by atoms with Crippen LogP contribution < -0.4 is 0 Å². The molecule has 1 heterocycles. The van der Waals surface area contributed by atoms with E-state index in [9.17, 15) is 0 Å². The molecule has 3 nitrogen and oxygen atoms in total. The fourth-order valence-electron chi connectivity index (χ4n) is 1.77. The molecule has 0 amide bonds. The minimum absolute atomic E-state index is 0.0206. The lowest BCUT2D eigenvalue weighted by atomic mass is 10.1. The van der Waals surface area contributed by atoms with E-state index in [-0.39, 0.29) is 6.61 Å². The normalized spacial score (nSPS) is 10.8. The molecule has 16 heavy (non-hydrogen) atoms. The summed E-state index contributed by atoms with van der Waals surface area (Å²) in [7, 11) is 0. The molecular formula is C13H16N2O. The number of nitrogens with zero attached hydrogens (tertiary/aromatic N) is 1. The SMILES string of the molecule is Cc1ccc(C)c(-c2nc(CO)c(C)[nH]2)c1. The molecule has 2 rings (SSSR count). The summed E-state index contributed by atoms with van der Waals surface area (Å²) in [5, 5.41) is 9.12. The Morgan fingerprint density at radius 1 is 1.25 bits per heavy atom. The van der Waals surface area contributed by atoms with Gasteiger partial charge in [0.05, 0.1) is 12.3 Å². The van der Waals surface area contributed by atoms with Crippen LogP contribution in [0.4, 0.5) is 0 Å². The Balaban J connectivity index is 2.53. The van der Waals surface area contributed by atoms with Crippen LogP contribution in [0, 0.1) is 20.8 Å². The van der Waals surface area contributed by atoms with Crippen LogP contribution >= 0.6 is 0 Å². The van der Waals surface area contributed by atoms with Crippen molar-refractivity contribution in [1.29, 1.82) is 0 Å². The van der Waals surface area contributed by atoms with E-state index in [4.69, 9.17) is 5.11 Å². The summed E-state index contributed by atoms with van der Waals surface area (Å²) in [5.41, 5.74) is 5.14. The first-order chi connectivity index (χ1) is 7.61. The van der Waals surface area contributed by atoms with Gasteiger partial charge in [0.25, 0.3) is 0 Å². The molecule has 0 unspecified atom stereocenters. The molecule has 0 aliphatic rings. The maximum absolute atomic E-state index is 9.12. The molecule has 0 fully saturated rings.